The van der Waals surface area contributed by atoms with E-state index < -0.39 is 0 Å². The van der Waals surface area contributed by atoms with Crippen molar-refractivity contribution in [2.75, 3.05) is 26.7 Å². The van der Waals surface area contributed by atoms with Crippen molar-refractivity contribution in [2.45, 2.75) is 77.2 Å². The van der Waals surface area contributed by atoms with Gasteiger partial charge in [-0.25, -0.2) is 0 Å². The molecule has 2 fully saturated rings. The zero-order valence-corrected chi connectivity index (χ0v) is 18.3. The quantitative estimate of drug-likeness (QED) is 0.718. The molecule has 3 aliphatic rings. The third-order valence-corrected chi connectivity index (χ3v) is 7.52. The lowest BCUT2D eigenvalue weighted by atomic mass is 9.63. The first kappa shape index (κ1) is 19.9. The van der Waals surface area contributed by atoms with Gasteiger partial charge in [0.15, 0.2) is 0 Å². The van der Waals surface area contributed by atoms with E-state index in [0.717, 1.165) is 19.3 Å². The Morgan fingerprint density at radius 3 is 2.43 bits per heavy atom. The van der Waals surface area contributed by atoms with Crippen LogP contribution in [0.1, 0.15) is 82.9 Å². The molecular weight excluding hydrogens is 344 g/mol. The van der Waals surface area contributed by atoms with Crippen LogP contribution in [0.25, 0.3) is 0 Å². The Morgan fingerprint density at radius 1 is 1.11 bits per heavy atom. The number of piperidine rings is 1. The van der Waals surface area contributed by atoms with E-state index in [1.807, 2.05) is 7.05 Å². The first-order valence-electron chi connectivity index (χ1n) is 11.4. The standard InChI is InChI=1S/C25H38N2O/c1-24(2,3)13-16-27-17-14-25(15-18-27)12-11-22(20-7-5-6-8-21(20)25)26(4)23(28)19-9-10-19/h5-8,19,22H,9-18H2,1-4H3/t22-/m0/s1. The summed E-state index contributed by atoms with van der Waals surface area (Å²) in [5, 5.41) is 0. The zero-order valence-electron chi connectivity index (χ0n) is 18.3. The summed E-state index contributed by atoms with van der Waals surface area (Å²) in [5.74, 6) is 0.673. The van der Waals surface area contributed by atoms with Crippen molar-refractivity contribution in [1.82, 2.24) is 9.80 Å². The van der Waals surface area contributed by atoms with E-state index in [2.05, 4.69) is 54.8 Å². The van der Waals surface area contributed by atoms with E-state index >= 15 is 0 Å². The van der Waals surface area contributed by atoms with Gasteiger partial charge in [-0.15, -0.1) is 0 Å². The summed E-state index contributed by atoms with van der Waals surface area (Å²) < 4.78 is 0. The normalized spacial score (nSPS) is 24.8. The summed E-state index contributed by atoms with van der Waals surface area (Å²) in [7, 11) is 2.04. The molecule has 1 saturated heterocycles. The molecule has 1 atom stereocenters. The van der Waals surface area contributed by atoms with Gasteiger partial charge in [-0.05, 0) is 86.5 Å². The van der Waals surface area contributed by atoms with Gasteiger partial charge in [0.2, 0.25) is 5.91 Å². The minimum Gasteiger partial charge on any atom is -0.338 e. The minimum atomic E-state index is 0.272. The van der Waals surface area contributed by atoms with Crippen LogP contribution in [-0.4, -0.2) is 42.4 Å². The molecular formula is C25H38N2O. The molecule has 0 N–H and O–H groups in total. The lowest BCUT2D eigenvalue weighted by molar-refractivity contribution is -0.134. The number of benzene rings is 1. The Morgan fingerprint density at radius 2 is 1.79 bits per heavy atom. The van der Waals surface area contributed by atoms with Crippen molar-refractivity contribution in [3.63, 3.8) is 0 Å². The van der Waals surface area contributed by atoms with E-state index in [-0.39, 0.29) is 6.04 Å². The molecule has 0 radical (unpaired) electrons. The van der Waals surface area contributed by atoms with Crippen LogP contribution in [0.2, 0.25) is 0 Å². The first-order valence-corrected chi connectivity index (χ1v) is 11.4. The van der Waals surface area contributed by atoms with Gasteiger partial charge in [-0.2, -0.15) is 0 Å². The molecule has 154 valence electrons. The van der Waals surface area contributed by atoms with Gasteiger partial charge in [-0.1, -0.05) is 45.0 Å². The fourth-order valence-electron chi connectivity index (χ4n) is 5.37. The van der Waals surface area contributed by atoms with E-state index in [0.29, 0.717) is 22.7 Å². The van der Waals surface area contributed by atoms with Crippen LogP contribution in [0.15, 0.2) is 24.3 Å². The number of amides is 1. The predicted molar refractivity (Wildman–Crippen MR) is 115 cm³/mol. The van der Waals surface area contributed by atoms with Crippen LogP contribution in [-0.2, 0) is 10.2 Å². The van der Waals surface area contributed by atoms with Crippen LogP contribution >= 0.6 is 0 Å². The number of hydrogen-bond acceptors (Lipinski definition) is 2. The first-order chi connectivity index (χ1) is 13.3. The molecule has 1 spiro atoms. The predicted octanol–water partition coefficient (Wildman–Crippen LogP) is 5.16. The van der Waals surface area contributed by atoms with Crippen molar-refractivity contribution in [3.8, 4) is 0 Å². The molecule has 1 aromatic carbocycles. The largest absolute Gasteiger partial charge is 0.338 e. The summed E-state index contributed by atoms with van der Waals surface area (Å²) in [6.07, 6.45) is 8.32. The van der Waals surface area contributed by atoms with Crippen molar-refractivity contribution in [1.29, 1.82) is 0 Å². The van der Waals surface area contributed by atoms with E-state index in [9.17, 15) is 4.79 Å². The molecule has 1 heterocycles. The van der Waals surface area contributed by atoms with Gasteiger partial charge in [0.1, 0.15) is 0 Å². The fourth-order valence-corrected chi connectivity index (χ4v) is 5.37. The van der Waals surface area contributed by atoms with E-state index in [1.165, 1.54) is 56.4 Å². The van der Waals surface area contributed by atoms with Crippen molar-refractivity contribution >= 4 is 5.91 Å². The van der Waals surface area contributed by atoms with Crippen LogP contribution in [0.3, 0.4) is 0 Å². The highest BCUT2D eigenvalue weighted by atomic mass is 16.2. The third-order valence-electron chi connectivity index (χ3n) is 7.52. The average Bonchev–Trinajstić information content (AvgIpc) is 3.52. The van der Waals surface area contributed by atoms with Gasteiger partial charge >= 0.3 is 0 Å². The summed E-state index contributed by atoms with van der Waals surface area (Å²) in [6, 6.07) is 9.30. The summed E-state index contributed by atoms with van der Waals surface area (Å²) in [4.78, 5) is 17.4. The minimum absolute atomic E-state index is 0.272. The second-order valence-corrected chi connectivity index (χ2v) is 10.8. The molecule has 1 aliphatic heterocycles. The van der Waals surface area contributed by atoms with Crippen molar-refractivity contribution in [2.24, 2.45) is 11.3 Å². The second kappa shape index (κ2) is 7.48. The number of hydrogen-bond donors (Lipinski definition) is 0. The van der Waals surface area contributed by atoms with Crippen LogP contribution in [0, 0.1) is 11.3 Å². The highest BCUT2D eigenvalue weighted by Crippen LogP contribution is 2.50. The van der Waals surface area contributed by atoms with Gasteiger partial charge in [0.05, 0.1) is 6.04 Å². The number of likely N-dealkylation sites (tertiary alicyclic amines) is 1. The van der Waals surface area contributed by atoms with Gasteiger partial charge < -0.3 is 9.80 Å². The molecule has 0 aromatic heterocycles. The van der Waals surface area contributed by atoms with E-state index in [1.54, 1.807) is 0 Å². The number of nitrogens with zero attached hydrogens (tertiary/aromatic N) is 2. The molecule has 1 amide bonds. The maximum absolute atomic E-state index is 12.7. The molecule has 0 bridgehead atoms. The van der Waals surface area contributed by atoms with Gasteiger partial charge in [0, 0.05) is 13.0 Å². The zero-order chi connectivity index (χ0) is 19.9. The van der Waals surface area contributed by atoms with Gasteiger partial charge in [0.25, 0.3) is 0 Å². The molecule has 3 nitrogen and oxygen atoms in total. The molecule has 4 rings (SSSR count). The Balaban J connectivity index is 1.49. The van der Waals surface area contributed by atoms with Crippen LogP contribution in [0.5, 0.6) is 0 Å². The highest BCUT2D eigenvalue weighted by molar-refractivity contribution is 5.81. The van der Waals surface area contributed by atoms with Crippen molar-refractivity contribution < 1.29 is 4.79 Å². The van der Waals surface area contributed by atoms with Gasteiger partial charge in [-0.3, -0.25) is 4.79 Å². The smallest absolute Gasteiger partial charge is 0.225 e. The Hall–Kier alpha value is -1.35. The maximum atomic E-state index is 12.7. The van der Waals surface area contributed by atoms with Crippen LogP contribution < -0.4 is 0 Å². The fraction of sp³-hybridized carbons (Fsp3) is 0.720. The number of carbonyl (C=O) groups is 1. The number of carbonyl (C=O) groups excluding carboxylic acids is 1. The Kier molecular flexibility index (Phi) is 5.33. The third kappa shape index (κ3) is 4.01. The Labute approximate surface area is 171 Å². The summed E-state index contributed by atoms with van der Waals surface area (Å²) >= 11 is 0. The Bertz CT molecular complexity index is 708. The molecule has 3 heteroatoms. The van der Waals surface area contributed by atoms with Crippen LogP contribution in [0.4, 0.5) is 0 Å². The second-order valence-electron chi connectivity index (χ2n) is 10.8. The topological polar surface area (TPSA) is 23.6 Å². The molecule has 0 unspecified atom stereocenters. The number of rotatable bonds is 4. The lowest BCUT2D eigenvalue weighted by Crippen LogP contribution is -2.47. The molecule has 28 heavy (non-hydrogen) atoms. The highest BCUT2D eigenvalue weighted by Gasteiger charge is 2.44. The summed E-state index contributed by atoms with van der Waals surface area (Å²) in [6.45, 7) is 10.7. The van der Waals surface area contributed by atoms with Crippen molar-refractivity contribution in [3.05, 3.63) is 35.4 Å². The molecule has 2 aliphatic carbocycles. The SMILES string of the molecule is CN(C(=O)C1CC1)[C@H]1CCC2(CCN(CCC(C)(C)C)CC2)c2ccccc21. The average molecular weight is 383 g/mol. The van der Waals surface area contributed by atoms with E-state index in [4.69, 9.17) is 0 Å². The summed E-state index contributed by atoms with van der Waals surface area (Å²) in [5.41, 5.74) is 3.71. The monoisotopic (exact) mass is 382 g/mol. The maximum Gasteiger partial charge on any atom is 0.225 e. The molecule has 1 saturated carbocycles. The number of fused-ring (bicyclic) bond motifs is 2. The lowest BCUT2D eigenvalue weighted by Gasteiger charge is -2.48. The molecule has 1 aromatic rings.